The standard InChI is InChI=1S/C24H22Br2N4O4/c25-15-1-5-17(6-2-15)29-21(31)13-19(23(29)33)27-9-11-28(12-10-27)20-14-22(32)30(24(20)34)18-7-3-16(26)4-8-18/h1-8,19-20H,9-14H2/p+2/t19-,20+. The second-order valence-electron chi connectivity index (χ2n) is 8.92. The number of rotatable bonds is 4. The van der Waals surface area contributed by atoms with Gasteiger partial charge in [-0.2, -0.15) is 0 Å². The third-order valence-electron chi connectivity index (χ3n) is 6.98. The van der Waals surface area contributed by atoms with Crippen LogP contribution in [0.1, 0.15) is 12.8 Å². The number of hydrogen-bond acceptors (Lipinski definition) is 4. The number of benzene rings is 2. The van der Waals surface area contributed by atoms with Gasteiger partial charge in [0.05, 0.1) is 24.2 Å². The van der Waals surface area contributed by atoms with Crippen LogP contribution >= 0.6 is 31.9 Å². The Bertz CT molecular complexity index is 1060. The van der Waals surface area contributed by atoms with Crippen LogP contribution in [0, 0.1) is 0 Å². The van der Waals surface area contributed by atoms with Crippen LogP contribution in [0.3, 0.4) is 0 Å². The van der Waals surface area contributed by atoms with E-state index in [-0.39, 0.29) is 36.5 Å². The molecule has 5 rings (SSSR count). The average Bonchev–Trinajstić information content (AvgIpc) is 3.29. The van der Waals surface area contributed by atoms with Crippen molar-refractivity contribution in [3.63, 3.8) is 0 Å². The van der Waals surface area contributed by atoms with Crippen molar-refractivity contribution < 1.29 is 29.0 Å². The summed E-state index contributed by atoms with van der Waals surface area (Å²) >= 11 is 6.75. The van der Waals surface area contributed by atoms with Crippen LogP contribution in [-0.4, -0.2) is 61.9 Å². The van der Waals surface area contributed by atoms with Crippen LogP contribution in [-0.2, 0) is 19.2 Å². The van der Waals surface area contributed by atoms with Crippen LogP contribution in [0.15, 0.2) is 57.5 Å². The summed E-state index contributed by atoms with van der Waals surface area (Å²) in [6.07, 6.45) is 0.384. The van der Waals surface area contributed by atoms with Crippen molar-refractivity contribution in [3.8, 4) is 0 Å². The van der Waals surface area contributed by atoms with E-state index in [4.69, 9.17) is 0 Å². The Morgan fingerprint density at radius 3 is 1.24 bits per heavy atom. The topological polar surface area (TPSA) is 83.6 Å². The average molecular weight is 592 g/mol. The molecular formula is C24H24Br2N4O4+2. The van der Waals surface area contributed by atoms with Crippen molar-refractivity contribution in [3.05, 3.63) is 57.5 Å². The highest BCUT2D eigenvalue weighted by Crippen LogP contribution is 2.25. The molecule has 3 saturated heterocycles. The van der Waals surface area contributed by atoms with Crippen molar-refractivity contribution in [1.82, 2.24) is 0 Å². The van der Waals surface area contributed by atoms with Crippen molar-refractivity contribution in [2.24, 2.45) is 0 Å². The molecule has 3 heterocycles. The number of nitrogens with one attached hydrogen (secondary N) is 2. The first-order valence-electron chi connectivity index (χ1n) is 11.3. The summed E-state index contributed by atoms with van der Waals surface area (Å²) in [7, 11) is 0. The van der Waals surface area contributed by atoms with Gasteiger partial charge in [-0.1, -0.05) is 31.9 Å². The number of hydrogen-bond donors (Lipinski definition) is 2. The number of anilines is 2. The fourth-order valence-corrected chi connectivity index (χ4v) is 5.74. The zero-order valence-electron chi connectivity index (χ0n) is 18.3. The maximum absolute atomic E-state index is 13.1. The van der Waals surface area contributed by atoms with E-state index in [1.165, 1.54) is 9.80 Å². The first kappa shape index (κ1) is 23.3. The van der Waals surface area contributed by atoms with Crippen LogP contribution in [0.4, 0.5) is 11.4 Å². The monoisotopic (exact) mass is 590 g/mol. The van der Waals surface area contributed by atoms with Crippen molar-refractivity contribution in [2.75, 3.05) is 36.0 Å². The number of nitrogens with zero attached hydrogens (tertiary/aromatic N) is 2. The Morgan fingerprint density at radius 1 is 0.588 bits per heavy atom. The largest absolute Gasteiger partial charge is 0.315 e. The van der Waals surface area contributed by atoms with Gasteiger partial charge in [-0.05, 0) is 48.5 Å². The van der Waals surface area contributed by atoms with Gasteiger partial charge in [-0.3, -0.25) is 19.2 Å². The molecule has 4 amide bonds. The maximum Gasteiger partial charge on any atom is 0.292 e. The smallest absolute Gasteiger partial charge is 0.292 e. The Morgan fingerprint density at radius 2 is 0.912 bits per heavy atom. The molecule has 0 spiro atoms. The summed E-state index contributed by atoms with van der Waals surface area (Å²) in [5.74, 6) is -0.693. The lowest BCUT2D eigenvalue weighted by molar-refractivity contribution is -1.02. The molecule has 10 heteroatoms. The third kappa shape index (κ3) is 4.24. The van der Waals surface area contributed by atoms with Crippen molar-refractivity contribution in [2.45, 2.75) is 24.9 Å². The van der Waals surface area contributed by atoms with Gasteiger partial charge in [0.1, 0.15) is 26.2 Å². The third-order valence-corrected chi connectivity index (χ3v) is 8.04. The predicted molar refractivity (Wildman–Crippen MR) is 131 cm³/mol. The molecule has 2 N–H and O–H groups in total. The second kappa shape index (κ2) is 9.33. The first-order valence-corrected chi connectivity index (χ1v) is 12.9. The minimum absolute atomic E-state index is 0.167. The molecule has 8 nitrogen and oxygen atoms in total. The van der Waals surface area contributed by atoms with Gasteiger partial charge in [0.2, 0.25) is 11.8 Å². The Kier molecular flexibility index (Phi) is 6.41. The lowest BCUT2D eigenvalue weighted by Gasteiger charge is -2.34. The Labute approximate surface area is 213 Å². The first-order chi connectivity index (χ1) is 16.3. The summed E-state index contributed by atoms with van der Waals surface area (Å²) in [5, 5.41) is 0. The minimum Gasteiger partial charge on any atom is -0.315 e. The van der Waals surface area contributed by atoms with Crippen molar-refractivity contribution in [1.29, 1.82) is 0 Å². The van der Waals surface area contributed by atoms with E-state index in [9.17, 15) is 19.2 Å². The van der Waals surface area contributed by atoms with E-state index in [1.807, 2.05) is 24.3 Å². The Balaban J connectivity index is 1.23. The number of halogens is 2. The highest BCUT2D eigenvalue weighted by Gasteiger charge is 2.50. The predicted octanol–water partition coefficient (Wildman–Crippen LogP) is -0.0410. The van der Waals surface area contributed by atoms with Gasteiger partial charge in [0.25, 0.3) is 11.8 Å². The summed E-state index contributed by atoms with van der Waals surface area (Å²) in [6, 6.07) is 13.5. The molecule has 0 radical (unpaired) electrons. The molecule has 34 heavy (non-hydrogen) atoms. The zero-order chi connectivity index (χ0) is 24.0. The van der Waals surface area contributed by atoms with Gasteiger partial charge in [-0.15, -0.1) is 0 Å². The number of amides is 4. The van der Waals surface area contributed by atoms with Crippen LogP contribution in [0.25, 0.3) is 0 Å². The number of imide groups is 2. The zero-order valence-corrected chi connectivity index (χ0v) is 21.5. The van der Waals surface area contributed by atoms with Crippen LogP contribution in [0.5, 0.6) is 0 Å². The summed E-state index contributed by atoms with van der Waals surface area (Å²) in [6.45, 7) is 2.68. The molecule has 0 bridgehead atoms. The number of carbonyl (C=O) groups excluding carboxylic acids is 4. The van der Waals surface area contributed by atoms with Gasteiger partial charge in [0.15, 0.2) is 12.1 Å². The van der Waals surface area contributed by atoms with Crippen LogP contribution in [0.2, 0.25) is 0 Å². The molecule has 176 valence electrons. The lowest BCUT2D eigenvalue weighted by Crippen LogP contribution is -3.31. The highest BCUT2D eigenvalue weighted by atomic mass is 79.9. The van der Waals surface area contributed by atoms with E-state index < -0.39 is 12.1 Å². The quantitative estimate of drug-likeness (QED) is 0.489. The fourth-order valence-electron chi connectivity index (χ4n) is 5.21. The molecule has 3 aliphatic rings. The normalized spacial score (nSPS) is 27.7. The molecular weight excluding hydrogens is 568 g/mol. The molecule has 2 aromatic rings. The molecule has 0 aromatic heterocycles. The Hall–Kier alpha value is -2.40. The van der Waals surface area contributed by atoms with E-state index in [0.29, 0.717) is 37.6 Å². The summed E-state index contributed by atoms with van der Waals surface area (Å²) < 4.78 is 1.77. The fraction of sp³-hybridized carbons (Fsp3) is 0.333. The SMILES string of the molecule is O=C1C[C@@H]([NH+]2CC[NH+]([C@H]3CC(=O)N(c4ccc(Br)cc4)C3=O)CC2)C(=O)N1c1ccc(Br)cc1. The minimum atomic E-state index is -0.405. The maximum atomic E-state index is 13.1. The van der Waals surface area contributed by atoms with E-state index in [1.54, 1.807) is 24.3 Å². The van der Waals surface area contributed by atoms with Gasteiger partial charge >= 0.3 is 0 Å². The number of piperazine rings is 1. The van der Waals surface area contributed by atoms with Crippen LogP contribution < -0.4 is 19.6 Å². The highest BCUT2D eigenvalue weighted by molar-refractivity contribution is 9.10. The molecule has 0 saturated carbocycles. The van der Waals surface area contributed by atoms with E-state index in [2.05, 4.69) is 31.9 Å². The second-order valence-corrected chi connectivity index (χ2v) is 10.7. The number of quaternary nitrogens is 2. The van der Waals surface area contributed by atoms with Gasteiger partial charge in [-0.25, -0.2) is 9.80 Å². The van der Waals surface area contributed by atoms with Gasteiger partial charge in [0, 0.05) is 8.95 Å². The van der Waals surface area contributed by atoms with E-state index in [0.717, 1.165) is 18.7 Å². The molecule has 0 aliphatic carbocycles. The van der Waals surface area contributed by atoms with E-state index >= 15 is 0 Å². The summed E-state index contributed by atoms with van der Waals surface area (Å²) in [4.78, 5) is 56.3. The lowest BCUT2D eigenvalue weighted by atomic mass is 10.1. The molecule has 3 aliphatic heterocycles. The number of carbonyl (C=O) groups is 4. The molecule has 2 aromatic carbocycles. The van der Waals surface area contributed by atoms with Gasteiger partial charge < -0.3 is 9.80 Å². The molecule has 2 atom stereocenters. The molecule has 3 fully saturated rings. The molecule has 0 unspecified atom stereocenters. The summed E-state index contributed by atoms with van der Waals surface area (Å²) in [5.41, 5.74) is 1.18. The van der Waals surface area contributed by atoms with Crippen molar-refractivity contribution >= 4 is 66.9 Å².